The van der Waals surface area contributed by atoms with E-state index in [1.807, 2.05) is 18.2 Å². The van der Waals surface area contributed by atoms with E-state index in [2.05, 4.69) is 45.5 Å². The Kier molecular flexibility index (Phi) is 5.86. The Morgan fingerprint density at radius 3 is 2.47 bits per heavy atom. The fourth-order valence-corrected chi connectivity index (χ4v) is 5.30. The zero-order valence-electron chi connectivity index (χ0n) is 17.8. The number of rotatable bonds is 5. The number of benzene rings is 2. The average Bonchev–Trinajstić information content (AvgIpc) is 2.72. The number of piperazine rings is 1. The van der Waals surface area contributed by atoms with Crippen LogP contribution in [0, 0.1) is 0 Å². The molecular formula is C26H32ClN3. The van der Waals surface area contributed by atoms with Crippen LogP contribution in [0.3, 0.4) is 0 Å². The van der Waals surface area contributed by atoms with Crippen LogP contribution in [0.4, 0.5) is 0 Å². The summed E-state index contributed by atoms with van der Waals surface area (Å²) in [6.07, 6.45) is 5.35. The standard InChI is InChI=1S/C26H32ClN3/c1-20(29-12-14-30(15-13-29)26-6-3-7-26)18-28-11-10-23-16-22(8-9-24(23)19-28)21-4-2-5-25(27)17-21/h2,4-5,8-9,16-17,26H,1,3,6-7,10-15,18-19H2. The Bertz CT molecular complexity index is 912. The van der Waals surface area contributed by atoms with Crippen molar-refractivity contribution in [2.24, 2.45) is 0 Å². The van der Waals surface area contributed by atoms with Crippen molar-refractivity contribution in [2.75, 3.05) is 39.3 Å². The second-order valence-electron chi connectivity index (χ2n) is 9.13. The van der Waals surface area contributed by atoms with Crippen molar-refractivity contribution in [3.8, 4) is 11.1 Å². The van der Waals surface area contributed by atoms with Gasteiger partial charge in [0, 0.05) is 62.6 Å². The number of hydrogen-bond acceptors (Lipinski definition) is 3. The third kappa shape index (κ3) is 4.30. The van der Waals surface area contributed by atoms with Gasteiger partial charge in [0.05, 0.1) is 0 Å². The van der Waals surface area contributed by atoms with Crippen molar-refractivity contribution in [2.45, 2.75) is 38.3 Å². The summed E-state index contributed by atoms with van der Waals surface area (Å²) in [4.78, 5) is 7.77. The lowest BCUT2D eigenvalue weighted by Crippen LogP contribution is -2.52. The molecule has 0 bridgehead atoms. The molecule has 0 amide bonds. The molecule has 5 rings (SSSR count). The van der Waals surface area contributed by atoms with Gasteiger partial charge >= 0.3 is 0 Å². The Morgan fingerprint density at radius 2 is 1.73 bits per heavy atom. The first-order valence-electron chi connectivity index (χ1n) is 11.4. The highest BCUT2D eigenvalue weighted by atomic mass is 35.5. The Balaban J connectivity index is 1.17. The smallest absolute Gasteiger partial charge is 0.0412 e. The van der Waals surface area contributed by atoms with E-state index < -0.39 is 0 Å². The topological polar surface area (TPSA) is 9.72 Å². The van der Waals surface area contributed by atoms with Crippen molar-refractivity contribution in [1.29, 1.82) is 0 Å². The minimum atomic E-state index is 0.795. The Hall–Kier alpha value is -1.81. The fourth-order valence-electron chi connectivity index (χ4n) is 5.11. The van der Waals surface area contributed by atoms with Crippen LogP contribution >= 0.6 is 11.6 Å². The molecule has 1 saturated carbocycles. The summed E-state index contributed by atoms with van der Waals surface area (Å²) < 4.78 is 0. The summed E-state index contributed by atoms with van der Waals surface area (Å²) in [5, 5.41) is 0.795. The maximum atomic E-state index is 6.18. The summed E-state index contributed by atoms with van der Waals surface area (Å²) in [5.74, 6) is 0. The molecule has 30 heavy (non-hydrogen) atoms. The van der Waals surface area contributed by atoms with Crippen LogP contribution < -0.4 is 0 Å². The van der Waals surface area contributed by atoms with Crippen molar-refractivity contribution in [3.63, 3.8) is 0 Å². The summed E-state index contributed by atoms with van der Waals surface area (Å²) in [6.45, 7) is 12.3. The molecule has 1 aliphatic carbocycles. The van der Waals surface area contributed by atoms with Gasteiger partial charge in [-0.1, -0.05) is 54.9 Å². The lowest BCUT2D eigenvalue weighted by atomic mass is 9.91. The minimum Gasteiger partial charge on any atom is -0.372 e. The van der Waals surface area contributed by atoms with Crippen LogP contribution in [-0.4, -0.2) is 60.0 Å². The Morgan fingerprint density at radius 1 is 0.933 bits per heavy atom. The van der Waals surface area contributed by atoms with E-state index in [1.165, 1.54) is 60.3 Å². The average molecular weight is 422 g/mol. The first-order chi connectivity index (χ1) is 14.7. The zero-order valence-corrected chi connectivity index (χ0v) is 18.6. The van der Waals surface area contributed by atoms with Crippen LogP contribution in [0.25, 0.3) is 11.1 Å². The molecule has 2 aliphatic heterocycles. The molecule has 0 unspecified atom stereocenters. The van der Waals surface area contributed by atoms with Gasteiger partial charge in [0.2, 0.25) is 0 Å². The second kappa shape index (κ2) is 8.74. The summed E-state index contributed by atoms with van der Waals surface area (Å²) in [7, 11) is 0. The van der Waals surface area contributed by atoms with E-state index in [0.717, 1.165) is 50.2 Å². The van der Waals surface area contributed by atoms with E-state index >= 15 is 0 Å². The van der Waals surface area contributed by atoms with Crippen molar-refractivity contribution in [3.05, 3.63) is 70.9 Å². The SMILES string of the molecule is C=C(CN1CCc2cc(-c3cccc(Cl)c3)ccc2C1)N1CCN(C2CCC2)CC1. The molecule has 0 spiro atoms. The molecule has 2 aromatic carbocycles. The third-order valence-corrected chi connectivity index (χ3v) is 7.45. The quantitative estimate of drug-likeness (QED) is 0.668. The predicted molar refractivity (Wildman–Crippen MR) is 126 cm³/mol. The lowest BCUT2D eigenvalue weighted by molar-refractivity contribution is 0.0709. The largest absolute Gasteiger partial charge is 0.372 e. The van der Waals surface area contributed by atoms with Gasteiger partial charge in [-0.3, -0.25) is 9.80 Å². The first kappa shape index (κ1) is 20.1. The van der Waals surface area contributed by atoms with Crippen LogP contribution in [0.5, 0.6) is 0 Å². The highest BCUT2D eigenvalue weighted by Gasteiger charge is 2.28. The summed E-state index contributed by atoms with van der Waals surface area (Å²) in [6, 6.07) is 15.9. The maximum Gasteiger partial charge on any atom is 0.0412 e. The Labute approximate surface area is 185 Å². The number of halogens is 1. The second-order valence-corrected chi connectivity index (χ2v) is 9.56. The van der Waals surface area contributed by atoms with Crippen molar-refractivity contribution < 1.29 is 0 Å². The summed E-state index contributed by atoms with van der Waals surface area (Å²) in [5.41, 5.74) is 6.68. The molecule has 0 aromatic heterocycles. The van der Waals surface area contributed by atoms with E-state index in [4.69, 9.17) is 11.6 Å². The van der Waals surface area contributed by atoms with Gasteiger partial charge in [-0.25, -0.2) is 0 Å². The van der Waals surface area contributed by atoms with E-state index in [0.29, 0.717) is 0 Å². The molecule has 0 N–H and O–H groups in total. The van der Waals surface area contributed by atoms with Gasteiger partial charge in [-0.15, -0.1) is 0 Å². The van der Waals surface area contributed by atoms with Crippen molar-refractivity contribution >= 4 is 11.6 Å². The van der Waals surface area contributed by atoms with Crippen LogP contribution in [0.1, 0.15) is 30.4 Å². The molecule has 4 heteroatoms. The minimum absolute atomic E-state index is 0.795. The van der Waals surface area contributed by atoms with Crippen molar-refractivity contribution in [1.82, 2.24) is 14.7 Å². The van der Waals surface area contributed by atoms with Gasteiger partial charge < -0.3 is 4.90 Å². The predicted octanol–water partition coefficient (Wildman–Crippen LogP) is 5.05. The highest BCUT2D eigenvalue weighted by Crippen LogP contribution is 2.29. The van der Waals surface area contributed by atoms with Gasteiger partial charge in [-0.05, 0) is 53.6 Å². The third-order valence-electron chi connectivity index (χ3n) is 7.21. The van der Waals surface area contributed by atoms with Crippen LogP contribution in [0.2, 0.25) is 5.02 Å². The van der Waals surface area contributed by atoms with Gasteiger partial charge in [0.25, 0.3) is 0 Å². The highest BCUT2D eigenvalue weighted by molar-refractivity contribution is 6.30. The molecule has 0 radical (unpaired) electrons. The van der Waals surface area contributed by atoms with E-state index in [-0.39, 0.29) is 0 Å². The molecule has 2 aromatic rings. The number of hydrogen-bond donors (Lipinski definition) is 0. The monoisotopic (exact) mass is 421 g/mol. The molecule has 0 atom stereocenters. The van der Waals surface area contributed by atoms with Crippen LogP contribution in [-0.2, 0) is 13.0 Å². The molecule has 3 aliphatic rings. The first-order valence-corrected chi connectivity index (χ1v) is 11.8. The van der Waals surface area contributed by atoms with Gasteiger partial charge in [0.1, 0.15) is 0 Å². The normalized spacial score (nSPS) is 20.6. The summed E-state index contributed by atoms with van der Waals surface area (Å²) >= 11 is 6.18. The lowest BCUT2D eigenvalue weighted by Gasteiger charge is -2.44. The zero-order chi connectivity index (χ0) is 20.5. The molecular weight excluding hydrogens is 390 g/mol. The fraction of sp³-hybridized carbons (Fsp3) is 0.462. The maximum absolute atomic E-state index is 6.18. The molecule has 3 nitrogen and oxygen atoms in total. The molecule has 1 saturated heterocycles. The number of nitrogens with zero attached hydrogens (tertiary/aromatic N) is 3. The van der Waals surface area contributed by atoms with Gasteiger partial charge in [-0.2, -0.15) is 0 Å². The molecule has 158 valence electrons. The van der Waals surface area contributed by atoms with Crippen LogP contribution in [0.15, 0.2) is 54.7 Å². The molecule has 2 fully saturated rings. The van der Waals surface area contributed by atoms with Gasteiger partial charge in [0.15, 0.2) is 0 Å². The van der Waals surface area contributed by atoms with E-state index in [9.17, 15) is 0 Å². The molecule has 2 heterocycles. The van der Waals surface area contributed by atoms with E-state index in [1.54, 1.807) is 0 Å². The number of fused-ring (bicyclic) bond motifs is 1.